The van der Waals surface area contributed by atoms with Crippen LogP contribution in [-0.4, -0.2) is 57.3 Å². The zero-order valence-electron chi connectivity index (χ0n) is 21.2. The fourth-order valence-electron chi connectivity index (χ4n) is 4.64. The number of benzene rings is 2. The molecule has 38 heavy (non-hydrogen) atoms. The van der Waals surface area contributed by atoms with Crippen molar-refractivity contribution in [1.82, 2.24) is 19.0 Å². The van der Waals surface area contributed by atoms with Crippen LogP contribution in [0.2, 0.25) is 0 Å². The number of hydrogen-bond donors (Lipinski definition) is 0. The molecule has 2 fully saturated rings. The predicted molar refractivity (Wildman–Crippen MR) is 156 cm³/mol. The zero-order valence-corrected chi connectivity index (χ0v) is 23.7. The Morgan fingerprint density at radius 1 is 1.05 bits per heavy atom. The van der Waals surface area contributed by atoms with E-state index < -0.39 is 10.0 Å². The number of rotatable bonds is 8. The molecule has 3 heterocycles. The highest BCUT2D eigenvalue weighted by Gasteiger charge is 2.32. The van der Waals surface area contributed by atoms with Gasteiger partial charge in [0.1, 0.15) is 10.0 Å². The first-order valence-corrected chi connectivity index (χ1v) is 15.6. The van der Waals surface area contributed by atoms with Gasteiger partial charge in [-0.2, -0.15) is 9.40 Å². The van der Waals surface area contributed by atoms with E-state index in [4.69, 9.17) is 17.3 Å². The number of thiocarbonyl (C=S) groups is 1. The summed E-state index contributed by atoms with van der Waals surface area (Å²) in [4.78, 5) is 15.6. The molecule has 5 rings (SSSR count). The molecule has 198 valence electrons. The van der Waals surface area contributed by atoms with Crippen LogP contribution in [0.15, 0.2) is 70.6 Å². The summed E-state index contributed by atoms with van der Waals surface area (Å²) in [6, 6.07) is 16.6. The standard InChI is InChI=1S/C28H30N4O3S3/c1-2-3-17-31-27(33)25(37-28(31)36)19-22-20-32(23-12-6-4-7-13-23)29-26(22)21-11-10-14-24(18-21)38(34,35)30-15-8-5-9-16-30/h4,6-7,10-14,18-20H,2-3,5,8-9,15-17H2,1H3/b25-19-. The molecule has 0 aliphatic carbocycles. The summed E-state index contributed by atoms with van der Waals surface area (Å²) in [6.45, 7) is 3.77. The number of carbonyl (C=O) groups excluding carboxylic acids is 1. The van der Waals surface area contributed by atoms with E-state index in [2.05, 4.69) is 6.92 Å². The summed E-state index contributed by atoms with van der Waals surface area (Å²) in [5.74, 6) is -0.103. The lowest BCUT2D eigenvalue weighted by molar-refractivity contribution is -0.122. The van der Waals surface area contributed by atoms with Gasteiger partial charge >= 0.3 is 0 Å². The SMILES string of the molecule is CCCCN1C(=O)/C(=C/c2cn(-c3ccccc3)nc2-c2cccc(S(=O)(=O)N3CCCCC3)c2)SC1=S. The van der Waals surface area contributed by atoms with Crippen LogP contribution in [0.4, 0.5) is 0 Å². The molecule has 0 radical (unpaired) electrons. The number of para-hydroxylation sites is 1. The number of unbranched alkanes of at least 4 members (excludes halogenated alkanes) is 1. The Morgan fingerprint density at radius 2 is 1.82 bits per heavy atom. The van der Waals surface area contributed by atoms with E-state index in [1.165, 1.54) is 11.8 Å². The number of thioether (sulfide) groups is 1. The topological polar surface area (TPSA) is 75.5 Å². The molecule has 1 aromatic heterocycles. The Balaban J connectivity index is 1.56. The summed E-state index contributed by atoms with van der Waals surface area (Å²) in [6.07, 6.45) is 8.35. The van der Waals surface area contributed by atoms with Gasteiger partial charge in [0.15, 0.2) is 0 Å². The van der Waals surface area contributed by atoms with E-state index in [1.807, 2.05) is 48.7 Å². The van der Waals surface area contributed by atoms with Crippen LogP contribution in [0.1, 0.15) is 44.6 Å². The summed E-state index contributed by atoms with van der Waals surface area (Å²) in [7, 11) is -3.60. The summed E-state index contributed by atoms with van der Waals surface area (Å²) >= 11 is 6.78. The van der Waals surface area contributed by atoms with Gasteiger partial charge in [-0.25, -0.2) is 13.1 Å². The van der Waals surface area contributed by atoms with Crippen LogP contribution in [0.5, 0.6) is 0 Å². The molecule has 0 atom stereocenters. The maximum Gasteiger partial charge on any atom is 0.266 e. The van der Waals surface area contributed by atoms with E-state index in [0.29, 0.717) is 40.1 Å². The Labute approximate surface area is 233 Å². The average Bonchev–Trinajstić information content (AvgIpc) is 3.48. The first-order valence-electron chi connectivity index (χ1n) is 12.9. The minimum Gasteiger partial charge on any atom is -0.293 e. The van der Waals surface area contributed by atoms with Gasteiger partial charge in [0, 0.05) is 37.0 Å². The molecular weight excluding hydrogens is 537 g/mol. The second-order valence-corrected chi connectivity index (χ2v) is 13.0. The molecule has 0 bridgehead atoms. The van der Waals surface area contributed by atoms with Crippen molar-refractivity contribution < 1.29 is 13.2 Å². The molecule has 10 heteroatoms. The molecule has 3 aromatic rings. The summed E-state index contributed by atoms with van der Waals surface area (Å²) in [5.41, 5.74) is 2.85. The number of hydrogen-bond acceptors (Lipinski definition) is 6. The Bertz CT molecular complexity index is 1480. The second kappa shape index (κ2) is 11.5. The van der Waals surface area contributed by atoms with Gasteiger partial charge in [0.25, 0.3) is 5.91 Å². The zero-order chi connectivity index (χ0) is 26.7. The molecule has 1 amide bonds. The fraction of sp³-hybridized carbons (Fsp3) is 0.321. The smallest absolute Gasteiger partial charge is 0.266 e. The lowest BCUT2D eigenvalue weighted by atomic mass is 10.1. The minimum atomic E-state index is -3.60. The van der Waals surface area contributed by atoms with Gasteiger partial charge in [-0.3, -0.25) is 9.69 Å². The summed E-state index contributed by atoms with van der Waals surface area (Å²) in [5, 5.41) is 4.84. The third kappa shape index (κ3) is 5.49. The average molecular weight is 567 g/mol. The van der Waals surface area contributed by atoms with Gasteiger partial charge in [-0.15, -0.1) is 0 Å². The van der Waals surface area contributed by atoms with Crippen molar-refractivity contribution in [3.05, 3.63) is 71.3 Å². The maximum absolute atomic E-state index is 13.4. The van der Waals surface area contributed by atoms with Gasteiger partial charge in [-0.1, -0.05) is 74.1 Å². The Kier molecular flexibility index (Phi) is 8.13. The van der Waals surface area contributed by atoms with Gasteiger partial charge < -0.3 is 0 Å². The van der Waals surface area contributed by atoms with E-state index in [9.17, 15) is 13.2 Å². The lowest BCUT2D eigenvalue weighted by Crippen LogP contribution is -2.35. The van der Waals surface area contributed by atoms with Crippen molar-refractivity contribution in [1.29, 1.82) is 0 Å². The van der Waals surface area contributed by atoms with Gasteiger partial charge in [0.05, 0.1) is 15.5 Å². The van der Waals surface area contributed by atoms with Crippen molar-refractivity contribution in [2.75, 3.05) is 19.6 Å². The Morgan fingerprint density at radius 3 is 2.55 bits per heavy atom. The fourth-order valence-corrected chi connectivity index (χ4v) is 7.50. The van der Waals surface area contributed by atoms with Crippen molar-refractivity contribution in [3.63, 3.8) is 0 Å². The third-order valence-electron chi connectivity index (χ3n) is 6.72. The molecule has 2 saturated heterocycles. The number of nitrogens with zero attached hydrogens (tertiary/aromatic N) is 4. The van der Waals surface area contributed by atoms with E-state index in [-0.39, 0.29) is 10.8 Å². The highest BCUT2D eigenvalue weighted by atomic mass is 32.2. The molecule has 2 aliphatic heterocycles. The molecule has 2 aromatic carbocycles. The van der Waals surface area contributed by atoms with E-state index >= 15 is 0 Å². The van der Waals surface area contributed by atoms with Crippen LogP contribution in [0.25, 0.3) is 23.0 Å². The van der Waals surface area contributed by atoms with Crippen molar-refractivity contribution >= 4 is 50.3 Å². The highest BCUT2D eigenvalue weighted by Crippen LogP contribution is 2.35. The maximum atomic E-state index is 13.4. The molecule has 2 aliphatic rings. The van der Waals surface area contributed by atoms with E-state index in [1.54, 1.807) is 32.1 Å². The Hall–Kier alpha value is -2.79. The van der Waals surface area contributed by atoms with Crippen molar-refractivity contribution in [3.8, 4) is 16.9 Å². The molecule has 7 nitrogen and oxygen atoms in total. The van der Waals surface area contributed by atoms with Crippen LogP contribution < -0.4 is 0 Å². The molecule has 0 N–H and O–H groups in total. The van der Waals surface area contributed by atoms with Gasteiger partial charge in [0.2, 0.25) is 10.0 Å². The number of carbonyl (C=O) groups is 1. The number of piperidine rings is 1. The first kappa shape index (κ1) is 26.8. The third-order valence-corrected chi connectivity index (χ3v) is 9.99. The number of sulfonamides is 1. The van der Waals surface area contributed by atoms with Crippen molar-refractivity contribution in [2.24, 2.45) is 0 Å². The monoisotopic (exact) mass is 566 g/mol. The number of amides is 1. The molecular formula is C28H30N4O3S3. The highest BCUT2D eigenvalue weighted by molar-refractivity contribution is 8.26. The van der Waals surface area contributed by atoms with Crippen LogP contribution >= 0.6 is 24.0 Å². The summed E-state index contributed by atoms with van der Waals surface area (Å²) < 4.78 is 30.6. The number of aromatic nitrogens is 2. The predicted octanol–water partition coefficient (Wildman–Crippen LogP) is 5.72. The lowest BCUT2D eigenvalue weighted by Gasteiger charge is -2.26. The quantitative estimate of drug-likeness (QED) is 0.257. The van der Waals surface area contributed by atoms with Gasteiger partial charge in [-0.05, 0) is 49.6 Å². The largest absolute Gasteiger partial charge is 0.293 e. The molecule has 0 spiro atoms. The molecule has 0 saturated carbocycles. The van der Waals surface area contributed by atoms with Crippen LogP contribution in [-0.2, 0) is 14.8 Å². The van der Waals surface area contributed by atoms with Crippen molar-refractivity contribution in [2.45, 2.75) is 43.9 Å². The van der Waals surface area contributed by atoms with Crippen LogP contribution in [0, 0.1) is 0 Å². The first-order chi connectivity index (χ1) is 18.4. The second-order valence-electron chi connectivity index (χ2n) is 9.39. The minimum absolute atomic E-state index is 0.103. The normalized spacial score (nSPS) is 18.0. The van der Waals surface area contributed by atoms with Crippen LogP contribution in [0.3, 0.4) is 0 Å². The van der Waals surface area contributed by atoms with E-state index in [0.717, 1.165) is 43.4 Å². The molecule has 0 unspecified atom stereocenters.